The summed E-state index contributed by atoms with van der Waals surface area (Å²) in [6, 6.07) is 0. The number of hydrogen-bond donors (Lipinski definition) is 2. The molecule has 0 amide bonds. The molecule has 0 bridgehead atoms. The second-order valence-electron chi connectivity index (χ2n) is 4.78. The monoisotopic (exact) mass is 278 g/mol. The summed E-state index contributed by atoms with van der Waals surface area (Å²) in [5.74, 6) is 0. The molecule has 0 aliphatic heterocycles. The molecular formula is C13H22N6O. The molecule has 20 heavy (non-hydrogen) atoms. The largest absolute Gasteiger partial charge is 0.396 e. The Morgan fingerprint density at radius 1 is 1.30 bits per heavy atom. The minimum atomic E-state index is 0.175. The third-order valence-electron chi connectivity index (χ3n) is 3.08. The highest BCUT2D eigenvalue weighted by Gasteiger charge is 2.06. The van der Waals surface area contributed by atoms with Crippen LogP contribution < -0.4 is 5.32 Å². The van der Waals surface area contributed by atoms with Crippen molar-refractivity contribution in [2.45, 2.75) is 39.4 Å². The molecule has 0 aliphatic rings. The van der Waals surface area contributed by atoms with Crippen LogP contribution in [0.5, 0.6) is 0 Å². The Hall–Kier alpha value is -1.73. The molecule has 0 spiro atoms. The van der Waals surface area contributed by atoms with Crippen molar-refractivity contribution in [2.24, 2.45) is 7.05 Å². The number of aliphatic hydroxyl groups is 1. The van der Waals surface area contributed by atoms with Crippen LogP contribution in [0.15, 0.2) is 12.4 Å². The fourth-order valence-corrected chi connectivity index (χ4v) is 2.12. The molecule has 110 valence electrons. The normalized spacial score (nSPS) is 11.2. The summed E-state index contributed by atoms with van der Waals surface area (Å²) in [6.45, 7) is 4.44. The molecule has 0 aliphatic carbocycles. The Morgan fingerprint density at radius 2 is 2.15 bits per heavy atom. The molecule has 0 atom stereocenters. The van der Waals surface area contributed by atoms with E-state index in [1.807, 2.05) is 24.1 Å². The minimum absolute atomic E-state index is 0.175. The van der Waals surface area contributed by atoms with Crippen molar-refractivity contribution in [3.8, 4) is 0 Å². The summed E-state index contributed by atoms with van der Waals surface area (Å²) in [4.78, 5) is 0. The van der Waals surface area contributed by atoms with Crippen LogP contribution in [0.3, 0.4) is 0 Å². The summed E-state index contributed by atoms with van der Waals surface area (Å²) in [6.07, 6.45) is 5.59. The summed E-state index contributed by atoms with van der Waals surface area (Å²) in [5, 5.41) is 24.7. The van der Waals surface area contributed by atoms with Crippen molar-refractivity contribution < 1.29 is 5.11 Å². The zero-order valence-corrected chi connectivity index (χ0v) is 12.1. The zero-order valence-electron chi connectivity index (χ0n) is 12.1. The van der Waals surface area contributed by atoms with Gasteiger partial charge in [0.1, 0.15) is 0 Å². The molecule has 0 radical (unpaired) electrons. The van der Waals surface area contributed by atoms with Gasteiger partial charge in [0.05, 0.1) is 11.4 Å². The lowest BCUT2D eigenvalue weighted by Gasteiger charge is -2.01. The van der Waals surface area contributed by atoms with Gasteiger partial charge >= 0.3 is 0 Å². The van der Waals surface area contributed by atoms with Crippen molar-refractivity contribution in [1.29, 1.82) is 0 Å². The van der Waals surface area contributed by atoms with E-state index in [2.05, 4.69) is 27.7 Å². The van der Waals surface area contributed by atoms with Crippen LogP contribution in [-0.2, 0) is 33.1 Å². The van der Waals surface area contributed by atoms with Gasteiger partial charge in [-0.25, -0.2) is 0 Å². The van der Waals surface area contributed by atoms with E-state index in [0.29, 0.717) is 19.5 Å². The van der Waals surface area contributed by atoms with Gasteiger partial charge in [-0.15, -0.1) is 5.10 Å². The van der Waals surface area contributed by atoms with Crippen LogP contribution in [0.4, 0.5) is 0 Å². The first-order valence-corrected chi connectivity index (χ1v) is 6.95. The first-order chi connectivity index (χ1) is 9.72. The van der Waals surface area contributed by atoms with Crippen LogP contribution in [-0.4, -0.2) is 36.5 Å². The van der Waals surface area contributed by atoms with Crippen LogP contribution >= 0.6 is 0 Å². The van der Waals surface area contributed by atoms with E-state index in [1.54, 1.807) is 4.68 Å². The Bertz CT molecular complexity index is 533. The molecule has 0 unspecified atom stereocenters. The topological polar surface area (TPSA) is 80.8 Å². The summed E-state index contributed by atoms with van der Waals surface area (Å²) in [7, 11) is 1.94. The lowest BCUT2D eigenvalue weighted by Crippen LogP contribution is -2.13. The van der Waals surface area contributed by atoms with Crippen molar-refractivity contribution in [1.82, 2.24) is 30.1 Å². The van der Waals surface area contributed by atoms with Gasteiger partial charge in [-0.05, 0) is 12.8 Å². The predicted octanol–water partition coefficient (Wildman–Crippen LogP) is 0.246. The van der Waals surface area contributed by atoms with E-state index < -0.39 is 0 Å². The molecule has 0 aromatic carbocycles. The molecule has 2 rings (SSSR count). The van der Waals surface area contributed by atoms with Crippen molar-refractivity contribution in [3.05, 3.63) is 29.3 Å². The van der Waals surface area contributed by atoms with Gasteiger partial charge < -0.3 is 10.4 Å². The molecule has 0 saturated carbocycles. The zero-order chi connectivity index (χ0) is 14.4. The predicted molar refractivity (Wildman–Crippen MR) is 74.9 cm³/mol. The molecule has 2 aromatic heterocycles. The smallest absolute Gasteiger partial charge is 0.0964 e. The fraction of sp³-hybridized carbons (Fsp3) is 0.615. The number of rotatable bonds is 8. The minimum Gasteiger partial charge on any atom is -0.396 e. The van der Waals surface area contributed by atoms with Crippen molar-refractivity contribution in [3.63, 3.8) is 0 Å². The second-order valence-corrected chi connectivity index (χ2v) is 4.78. The summed E-state index contributed by atoms with van der Waals surface area (Å²) >= 11 is 0. The quantitative estimate of drug-likeness (QED) is 0.723. The number of aliphatic hydroxyl groups excluding tert-OH is 1. The molecule has 7 nitrogen and oxygen atoms in total. The highest BCUT2D eigenvalue weighted by Crippen LogP contribution is 2.07. The van der Waals surface area contributed by atoms with Crippen molar-refractivity contribution >= 4 is 0 Å². The van der Waals surface area contributed by atoms with Gasteiger partial charge in [0.15, 0.2) is 0 Å². The van der Waals surface area contributed by atoms with Gasteiger partial charge in [-0.3, -0.25) is 9.36 Å². The number of aryl methyl sites for hydroxylation is 3. The number of nitrogens with zero attached hydrogens (tertiary/aromatic N) is 5. The van der Waals surface area contributed by atoms with Gasteiger partial charge in [-0.1, -0.05) is 12.1 Å². The number of nitrogens with one attached hydrogen (secondary N) is 1. The molecular weight excluding hydrogens is 256 g/mol. The van der Waals surface area contributed by atoms with Gasteiger partial charge in [0, 0.05) is 51.2 Å². The molecule has 0 fully saturated rings. The molecule has 2 N–H and O–H groups in total. The summed E-state index contributed by atoms with van der Waals surface area (Å²) in [5.41, 5.74) is 3.26. The summed E-state index contributed by atoms with van der Waals surface area (Å²) < 4.78 is 3.61. The second kappa shape index (κ2) is 7.16. The molecule has 2 heterocycles. The van der Waals surface area contributed by atoms with Crippen LogP contribution in [0, 0.1) is 0 Å². The van der Waals surface area contributed by atoms with E-state index >= 15 is 0 Å². The van der Waals surface area contributed by atoms with Crippen LogP contribution in [0.25, 0.3) is 0 Å². The van der Waals surface area contributed by atoms with Gasteiger partial charge in [-0.2, -0.15) is 5.10 Å². The molecule has 2 aromatic rings. The number of aromatic nitrogens is 5. The van der Waals surface area contributed by atoms with Gasteiger partial charge in [0.2, 0.25) is 0 Å². The van der Waals surface area contributed by atoms with E-state index in [0.717, 1.165) is 24.4 Å². The van der Waals surface area contributed by atoms with E-state index in [-0.39, 0.29) is 6.61 Å². The van der Waals surface area contributed by atoms with E-state index in [9.17, 15) is 0 Å². The fourth-order valence-electron chi connectivity index (χ4n) is 2.12. The highest BCUT2D eigenvalue weighted by molar-refractivity contribution is 5.16. The number of hydrogen-bond acceptors (Lipinski definition) is 5. The average Bonchev–Trinajstić information content (AvgIpc) is 3.03. The molecule has 0 saturated heterocycles. The first-order valence-electron chi connectivity index (χ1n) is 6.95. The Labute approximate surface area is 118 Å². The Balaban J connectivity index is 1.81. The third-order valence-corrected chi connectivity index (χ3v) is 3.08. The van der Waals surface area contributed by atoms with Crippen molar-refractivity contribution in [2.75, 3.05) is 6.61 Å². The standard InChI is InChI=1S/C13H22N6O/c1-3-13-11(9-18(2)16-13)7-14-8-12-10-19(17-15-12)5-4-6-20/h9-10,14,20H,3-8H2,1-2H3. The average molecular weight is 278 g/mol. The van der Waals surface area contributed by atoms with Crippen LogP contribution in [0.2, 0.25) is 0 Å². The third kappa shape index (κ3) is 3.88. The van der Waals surface area contributed by atoms with E-state index in [1.165, 1.54) is 5.56 Å². The lowest BCUT2D eigenvalue weighted by molar-refractivity contribution is 0.276. The SMILES string of the molecule is CCc1nn(C)cc1CNCc1cn(CCCO)nn1. The van der Waals surface area contributed by atoms with Gasteiger partial charge in [0.25, 0.3) is 0 Å². The Morgan fingerprint density at radius 3 is 2.90 bits per heavy atom. The first kappa shape index (κ1) is 14.7. The maximum atomic E-state index is 8.77. The Kier molecular flexibility index (Phi) is 5.25. The molecule has 7 heteroatoms. The lowest BCUT2D eigenvalue weighted by atomic mass is 10.2. The maximum absolute atomic E-state index is 8.77. The van der Waals surface area contributed by atoms with Crippen LogP contribution in [0.1, 0.15) is 30.3 Å². The van der Waals surface area contributed by atoms with E-state index in [4.69, 9.17) is 5.11 Å². The maximum Gasteiger partial charge on any atom is 0.0964 e. The highest BCUT2D eigenvalue weighted by atomic mass is 16.3.